The number of sulfone groups is 1. The van der Waals surface area contributed by atoms with E-state index in [0.29, 0.717) is 18.2 Å². The summed E-state index contributed by atoms with van der Waals surface area (Å²) in [5.74, 6) is 1.91. The summed E-state index contributed by atoms with van der Waals surface area (Å²) >= 11 is 5.98. The summed E-state index contributed by atoms with van der Waals surface area (Å²) in [6, 6.07) is 6.12. The zero-order chi connectivity index (χ0) is 14.3. The van der Waals surface area contributed by atoms with Crippen LogP contribution in [0.25, 0.3) is 11.0 Å². The van der Waals surface area contributed by atoms with Gasteiger partial charge >= 0.3 is 0 Å². The Balaban J connectivity index is 1.98. The van der Waals surface area contributed by atoms with Crippen LogP contribution in [-0.4, -0.2) is 29.5 Å². The number of imidazole rings is 1. The smallest absolute Gasteiger partial charge is 0.150 e. The molecule has 20 heavy (non-hydrogen) atoms. The van der Waals surface area contributed by atoms with E-state index in [4.69, 9.17) is 11.6 Å². The number of alkyl halides is 1. The Bertz CT molecular complexity index is 752. The molecule has 1 aromatic heterocycles. The molecule has 0 saturated carbocycles. The molecule has 0 amide bonds. The van der Waals surface area contributed by atoms with Crippen LogP contribution in [0.3, 0.4) is 0 Å². The van der Waals surface area contributed by atoms with E-state index < -0.39 is 9.84 Å². The first-order chi connectivity index (χ1) is 9.48. The number of fused-ring (bicyclic) bond motifs is 1. The van der Waals surface area contributed by atoms with E-state index in [1.54, 1.807) is 0 Å². The standard InChI is InChI=1S/C14H17ClN2O2S/c1-10-2-3-13-12(6-10)16-14(7-15)17(13)8-11-4-5-20(18,19)9-11/h2-3,6,11H,4-5,7-9H2,1H3. The minimum Gasteiger partial charge on any atom is -0.327 e. The van der Waals surface area contributed by atoms with Gasteiger partial charge in [0.25, 0.3) is 0 Å². The Morgan fingerprint density at radius 2 is 2.25 bits per heavy atom. The van der Waals surface area contributed by atoms with Crippen molar-refractivity contribution in [3.63, 3.8) is 0 Å². The second-order valence-corrected chi connectivity index (χ2v) is 8.03. The van der Waals surface area contributed by atoms with Gasteiger partial charge in [0.2, 0.25) is 0 Å². The average molecular weight is 313 g/mol. The second-order valence-electron chi connectivity index (χ2n) is 5.53. The zero-order valence-corrected chi connectivity index (χ0v) is 12.9. The maximum atomic E-state index is 11.6. The first kappa shape index (κ1) is 13.9. The number of hydrogen-bond acceptors (Lipinski definition) is 3. The summed E-state index contributed by atoms with van der Waals surface area (Å²) in [7, 11) is -2.84. The Labute approximate surface area is 123 Å². The molecule has 0 N–H and O–H groups in total. The molecule has 0 spiro atoms. The fourth-order valence-electron chi connectivity index (χ4n) is 2.87. The third-order valence-electron chi connectivity index (χ3n) is 3.87. The Hall–Kier alpha value is -1.07. The summed E-state index contributed by atoms with van der Waals surface area (Å²) < 4.78 is 25.2. The van der Waals surface area contributed by atoms with Crippen LogP contribution in [0.4, 0.5) is 0 Å². The molecule has 1 unspecified atom stereocenters. The number of rotatable bonds is 3. The van der Waals surface area contributed by atoms with Crippen molar-refractivity contribution >= 4 is 32.5 Å². The number of benzene rings is 1. The van der Waals surface area contributed by atoms with E-state index in [1.807, 2.05) is 25.1 Å². The van der Waals surface area contributed by atoms with E-state index in [2.05, 4.69) is 9.55 Å². The van der Waals surface area contributed by atoms with Gasteiger partial charge in [-0.2, -0.15) is 0 Å². The molecule has 1 fully saturated rings. The van der Waals surface area contributed by atoms with Gasteiger partial charge in [-0.05, 0) is 37.0 Å². The van der Waals surface area contributed by atoms with Gasteiger partial charge < -0.3 is 4.57 Å². The van der Waals surface area contributed by atoms with Gasteiger partial charge in [0, 0.05) is 6.54 Å². The van der Waals surface area contributed by atoms with Crippen LogP contribution < -0.4 is 0 Å². The van der Waals surface area contributed by atoms with Gasteiger partial charge in [0.05, 0.1) is 28.4 Å². The number of aryl methyl sites for hydroxylation is 1. The Morgan fingerprint density at radius 3 is 2.90 bits per heavy atom. The monoisotopic (exact) mass is 312 g/mol. The van der Waals surface area contributed by atoms with Crippen LogP contribution in [0, 0.1) is 12.8 Å². The second kappa shape index (κ2) is 5.04. The molecular weight excluding hydrogens is 296 g/mol. The minimum atomic E-state index is -2.84. The van der Waals surface area contributed by atoms with Crippen LogP contribution >= 0.6 is 11.6 Å². The maximum Gasteiger partial charge on any atom is 0.150 e. The van der Waals surface area contributed by atoms with Crippen molar-refractivity contribution in [3.8, 4) is 0 Å². The van der Waals surface area contributed by atoms with Crippen LogP contribution in [0.2, 0.25) is 0 Å². The number of nitrogens with zero attached hydrogens (tertiary/aromatic N) is 2. The third-order valence-corrected chi connectivity index (χ3v) is 5.95. The molecule has 0 aliphatic carbocycles. The average Bonchev–Trinajstić information content (AvgIpc) is 2.90. The molecule has 6 heteroatoms. The highest BCUT2D eigenvalue weighted by atomic mass is 35.5. The van der Waals surface area contributed by atoms with E-state index >= 15 is 0 Å². The van der Waals surface area contributed by atoms with E-state index in [1.165, 1.54) is 0 Å². The molecule has 1 saturated heterocycles. The first-order valence-corrected chi connectivity index (χ1v) is 9.06. The van der Waals surface area contributed by atoms with Crippen molar-refractivity contribution in [2.45, 2.75) is 25.8 Å². The van der Waals surface area contributed by atoms with Gasteiger partial charge in [-0.1, -0.05) is 6.07 Å². The third kappa shape index (κ3) is 2.56. The quantitative estimate of drug-likeness (QED) is 0.818. The SMILES string of the molecule is Cc1ccc2c(c1)nc(CCl)n2CC1CCS(=O)(=O)C1. The lowest BCUT2D eigenvalue weighted by Crippen LogP contribution is -2.14. The van der Waals surface area contributed by atoms with Crippen LogP contribution in [-0.2, 0) is 22.3 Å². The minimum absolute atomic E-state index is 0.167. The van der Waals surface area contributed by atoms with E-state index in [9.17, 15) is 8.42 Å². The molecule has 108 valence electrons. The first-order valence-electron chi connectivity index (χ1n) is 6.70. The van der Waals surface area contributed by atoms with Gasteiger partial charge in [-0.25, -0.2) is 13.4 Å². The highest BCUT2D eigenvalue weighted by molar-refractivity contribution is 7.91. The lowest BCUT2D eigenvalue weighted by Gasteiger charge is -2.12. The molecule has 2 heterocycles. The van der Waals surface area contributed by atoms with Crippen LogP contribution in [0.1, 0.15) is 17.8 Å². The van der Waals surface area contributed by atoms with Crippen molar-refractivity contribution in [3.05, 3.63) is 29.6 Å². The van der Waals surface area contributed by atoms with Crippen molar-refractivity contribution in [1.29, 1.82) is 0 Å². The lowest BCUT2D eigenvalue weighted by atomic mass is 10.1. The molecular formula is C14H17ClN2O2S. The highest BCUT2D eigenvalue weighted by Crippen LogP contribution is 2.25. The van der Waals surface area contributed by atoms with Crippen molar-refractivity contribution in [1.82, 2.24) is 9.55 Å². The van der Waals surface area contributed by atoms with Gasteiger partial charge in [0.1, 0.15) is 5.82 Å². The molecule has 1 aromatic carbocycles. The fraction of sp³-hybridized carbons (Fsp3) is 0.500. The largest absolute Gasteiger partial charge is 0.327 e. The summed E-state index contributed by atoms with van der Waals surface area (Å²) in [5.41, 5.74) is 3.13. The molecule has 2 aromatic rings. The summed E-state index contributed by atoms with van der Waals surface area (Å²) in [4.78, 5) is 4.55. The van der Waals surface area contributed by atoms with Gasteiger partial charge in [-0.15, -0.1) is 11.6 Å². The predicted molar refractivity (Wildman–Crippen MR) is 80.8 cm³/mol. The lowest BCUT2D eigenvalue weighted by molar-refractivity contribution is 0.490. The van der Waals surface area contributed by atoms with Crippen molar-refractivity contribution < 1.29 is 8.42 Å². The molecule has 1 atom stereocenters. The fourth-order valence-corrected chi connectivity index (χ4v) is 4.92. The van der Waals surface area contributed by atoms with E-state index in [-0.39, 0.29) is 11.7 Å². The maximum absolute atomic E-state index is 11.6. The van der Waals surface area contributed by atoms with Crippen LogP contribution in [0.5, 0.6) is 0 Å². The molecule has 1 aliphatic heterocycles. The molecule has 4 nitrogen and oxygen atoms in total. The molecule has 0 bridgehead atoms. The Morgan fingerprint density at radius 1 is 1.45 bits per heavy atom. The number of halogens is 1. The van der Waals surface area contributed by atoms with Crippen LogP contribution in [0.15, 0.2) is 18.2 Å². The van der Waals surface area contributed by atoms with Crippen molar-refractivity contribution in [2.75, 3.05) is 11.5 Å². The summed E-state index contributed by atoms with van der Waals surface area (Å²) in [5, 5.41) is 0. The zero-order valence-electron chi connectivity index (χ0n) is 11.3. The van der Waals surface area contributed by atoms with Gasteiger partial charge in [-0.3, -0.25) is 0 Å². The topological polar surface area (TPSA) is 52.0 Å². The normalized spacial score (nSPS) is 21.6. The molecule has 0 radical (unpaired) electrons. The molecule has 3 rings (SSSR count). The number of aromatic nitrogens is 2. The van der Waals surface area contributed by atoms with Gasteiger partial charge in [0.15, 0.2) is 9.84 Å². The molecule has 1 aliphatic rings. The highest BCUT2D eigenvalue weighted by Gasteiger charge is 2.29. The summed E-state index contributed by atoms with van der Waals surface area (Å²) in [6.45, 7) is 2.71. The van der Waals surface area contributed by atoms with E-state index in [0.717, 1.165) is 28.8 Å². The Kier molecular flexibility index (Phi) is 3.50. The predicted octanol–water partition coefficient (Wildman–Crippen LogP) is 2.52. The summed E-state index contributed by atoms with van der Waals surface area (Å²) in [6.07, 6.45) is 0.732. The van der Waals surface area contributed by atoms with Crippen molar-refractivity contribution in [2.24, 2.45) is 5.92 Å². The number of hydrogen-bond donors (Lipinski definition) is 0.